The molecule has 40 heavy (non-hydrogen) atoms. The molecule has 1 aliphatic carbocycles. The van der Waals surface area contributed by atoms with Crippen LogP contribution in [0.25, 0.3) is 22.3 Å². The summed E-state index contributed by atoms with van der Waals surface area (Å²) in [5, 5.41) is 16.0. The zero-order chi connectivity index (χ0) is 27.0. The number of anilines is 1. The second kappa shape index (κ2) is 9.58. The predicted octanol–water partition coefficient (Wildman–Crippen LogP) is 5.53. The standard InChI is InChI=1S/C30H34Cl2N6O2/c31-23-12-20(39)11-21(25(23)17-3-4-17)26-24(32)13-22-27(34-26)35-29(40-16-30-7-1-9-38(30)10-2-8-30)36-28(22)37-14-18-5-6-19(15-37)33-18/h11-13,17-19,33,39H,1-10,14-16H2/t18-,19+. The Balaban J connectivity index is 1.23. The Morgan fingerprint density at radius 2 is 1.70 bits per heavy atom. The van der Waals surface area contributed by atoms with Crippen LogP contribution in [0.1, 0.15) is 62.8 Å². The number of aromatic hydroxyl groups is 1. The van der Waals surface area contributed by atoms with Gasteiger partial charge >= 0.3 is 6.01 Å². The van der Waals surface area contributed by atoms with E-state index in [0.29, 0.717) is 52.0 Å². The maximum absolute atomic E-state index is 10.4. The molecule has 8 rings (SSSR count). The average molecular weight is 582 g/mol. The maximum atomic E-state index is 10.4. The number of ether oxygens (including phenoxy) is 1. The fourth-order valence-electron chi connectivity index (χ4n) is 7.71. The van der Waals surface area contributed by atoms with E-state index >= 15 is 0 Å². The molecule has 4 aliphatic heterocycles. The van der Waals surface area contributed by atoms with Crippen molar-refractivity contribution in [2.45, 2.75) is 74.9 Å². The monoisotopic (exact) mass is 580 g/mol. The lowest BCUT2D eigenvalue weighted by Gasteiger charge is -2.34. The predicted molar refractivity (Wildman–Crippen MR) is 157 cm³/mol. The van der Waals surface area contributed by atoms with Crippen LogP contribution in [-0.2, 0) is 0 Å². The van der Waals surface area contributed by atoms with Crippen LogP contribution < -0.4 is 15.0 Å². The second-order valence-corrected chi connectivity index (χ2v) is 13.2. The van der Waals surface area contributed by atoms with Gasteiger partial charge in [0.05, 0.1) is 21.6 Å². The molecule has 2 atom stereocenters. The summed E-state index contributed by atoms with van der Waals surface area (Å²) < 4.78 is 6.45. The van der Waals surface area contributed by atoms with Crippen molar-refractivity contribution in [1.29, 1.82) is 0 Å². The van der Waals surface area contributed by atoms with Crippen LogP contribution in [0.2, 0.25) is 10.0 Å². The van der Waals surface area contributed by atoms with Gasteiger partial charge in [-0.3, -0.25) is 4.90 Å². The lowest BCUT2D eigenvalue weighted by atomic mass is 9.95. The summed E-state index contributed by atoms with van der Waals surface area (Å²) in [5.41, 5.74) is 3.01. The van der Waals surface area contributed by atoms with E-state index in [4.69, 9.17) is 42.9 Å². The number of piperazine rings is 1. The van der Waals surface area contributed by atoms with Crippen LogP contribution in [0, 0.1) is 0 Å². The summed E-state index contributed by atoms with van der Waals surface area (Å²) in [6.45, 7) is 4.66. The summed E-state index contributed by atoms with van der Waals surface area (Å²) in [4.78, 5) is 19.8. The molecule has 5 fully saturated rings. The first-order valence-corrected chi connectivity index (χ1v) is 15.5. The zero-order valence-electron chi connectivity index (χ0n) is 22.5. The topological polar surface area (TPSA) is 86.6 Å². The highest BCUT2D eigenvalue weighted by Crippen LogP contribution is 2.50. The second-order valence-electron chi connectivity index (χ2n) is 12.4. The Morgan fingerprint density at radius 3 is 2.42 bits per heavy atom. The van der Waals surface area contributed by atoms with Crippen molar-refractivity contribution in [3.8, 4) is 23.0 Å². The van der Waals surface area contributed by atoms with Gasteiger partial charge in [0.2, 0.25) is 0 Å². The highest BCUT2D eigenvalue weighted by atomic mass is 35.5. The number of halogens is 2. The Morgan fingerprint density at radius 1 is 0.950 bits per heavy atom. The number of aromatic nitrogens is 3. The van der Waals surface area contributed by atoms with E-state index in [0.717, 1.165) is 74.2 Å². The number of benzene rings is 1. The SMILES string of the molecule is Oc1cc(Cl)c(C2CC2)c(-c2nc3nc(OCC45CCCN4CCC5)nc(N4C[C@H]5CC[C@@H](C4)N5)c3cc2Cl)c1. The van der Waals surface area contributed by atoms with Crippen molar-refractivity contribution >= 4 is 40.1 Å². The number of pyridine rings is 1. The van der Waals surface area contributed by atoms with Gasteiger partial charge in [-0.15, -0.1) is 0 Å². The van der Waals surface area contributed by atoms with Crippen LogP contribution in [0.4, 0.5) is 5.82 Å². The van der Waals surface area contributed by atoms with E-state index in [2.05, 4.69) is 15.1 Å². The van der Waals surface area contributed by atoms with Crippen molar-refractivity contribution in [2.24, 2.45) is 0 Å². The summed E-state index contributed by atoms with van der Waals surface area (Å²) >= 11 is 13.6. The van der Waals surface area contributed by atoms with E-state index in [-0.39, 0.29) is 11.3 Å². The highest BCUT2D eigenvalue weighted by molar-refractivity contribution is 6.34. The van der Waals surface area contributed by atoms with Crippen LogP contribution in [0.15, 0.2) is 18.2 Å². The molecular formula is C30H34Cl2N6O2. The Bertz CT molecular complexity index is 1480. The number of nitrogens with zero attached hydrogens (tertiary/aromatic N) is 5. The van der Waals surface area contributed by atoms with Crippen LogP contribution in [-0.4, -0.2) is 75.4 Å². The molecule has 0 spiro atoms. The average Bonchev–Trinajstić information content (AvgIpc) is 3.42. The first-order valence-electron chi connectivity index (χ1n) is 14.8. The first kappa shape index (κ1) is 25.3. The van der Waals surface area contributed by atoms with Crippen molar-refractivity contribution < 1.29 is 9.84 Å². The van der Waals surface area contributed by atoms with Crippen molar-refractivity contribution in [2.75, 3.05) is 37.7 Å². The normalized spacial score (nSPS) is 25.6. The van der Waals surface area contributed by atoms with Gasteiger partial charge in [-0.1, -0.05) is 23.2 Å². The van der Waals surface area contributed by atoms with Gasteiger partial charge < -0.3 is 20.1 Å². The largest absolute Gasteiger partial charge is 0.508 e. The molecule has 1 aromatic carbocycles. The van der Waals surface area contributed by atoms with Gasteiger partial charge in [0.15, 0.2) is 5.65 Å². The summed E-state index contributed by atoms with van der Waals surface area (Å²) in [6.07, 6.45) is 9.25. The number of rotatable bonds is 6. The zero-order valence-corrected chi connectivity index (χ0v) is 24.0. The molecule has 1 saturated carbocycles. The van der Waals surface area contributed by atoms with Crippen LogP contribution >= 0.6 is 23.2 Å². The lowest BCUT2D eigenvalue weighted by Crippen LogP contribution is -2.51. The Labute approximate surface area is 244 Å². The molecule has 0 unspecified atom stereocenters. The van der Waals surface area contributed by atoms with E-state index in [1.807, 2.05) is 6.07 Å². The fraction of sp³-hybridized carbons (Fsp3) is 0.567. The molecule has 0 amide bonds. The van der Waals surface area contributed by atoms with E-state index in [9.17, 15) is 5.11 Å². The van der Waals surface area contributed by atoms with Crippen molar-refractivity contribution in [1.82, 2.24) is 25.2 Å². The molecule has 210 valence electrons. The maximum Gasteiger partial charge on any atom is 0.320 e. The molecule has 4 saturated heterocycles. The van der Waals surface area contributed by atoms with Gasteiger partial charge in [0, 0.05) is 35.8 Å². The van der Waals surface area contributed by atoms with Gasteiger partial charge in [0.1, 0.15) is 18.2 Å². The first-order chi connectivity index (χ1) is 19.5. The molecule has 0 radical (unpaired) electrons. The van der Waals surface area contributed by atoms with E-state index in [1.54, 1.807) is 12.1 Å². The number of nitrogens with one attached hydrogen (secondary N) is 1. The smallest absolute Gasteiger partial charge is 0.320 e. The van der Waals surface area contributed by atoms with Crippen molar-refractivity contribution in [3.05, 3.63) is 33.8 Å². The van der Waals surface area contributed by atoms with Crippen LogP contribution in [0.5, 0.6) is 11.8 Å². The number of phenolic OH excluding ortho intramolecular Hbond substituents is 1. The summed E-state index contributed by atoms with van der Waals surface area (Å²) in [6, 6.07) is 6.55. The minimum atomic E-state index is 0.0999. The van der Waals surface area contributed by atoms with E-state index in [1.165, 1.54) is 25.7 Å². The quantitative estimate of drug-likeness (QED) is 0.393. The highest BCUT2D eigenvalue weighted by Gasteiger charge is 2.45. The molecule has 8 nitrogen and oxygen atoms in total. The molecule has 2 aromatic heterocycles. The molecule has 6 heterocycles. The number of phenols is 1. The van der Waals surface area contributed by atoms with Gasteiger partial charge in [-0.25, -0.2) is 4.98 Å². The third-order valence-corrected chi connectivity index (χ3v) is 10.4. The van der Waals surface area contributed by atoms with E-state index < -0.39 is 0 Å². The minimum Gasteiger partial charge on any atom is -0.508 e. The molecule has 3 aromatic rings. The number of fused-ring (bicyclic) bond motifs is 4. The lowest BCUT2D eigenvalue weighted by molar-refractivity contribution is 0.108. The van der Waals surface area contributed by atoms with Crippen molar-refractivity contribution in [3.63, 3.8) is 0 Å². The summed E-state index contributed by atoms with van der Waals surface area (Å²) in [5.74, 6) is 1.29. The molecule has 5 aliphatic rings. The summed E-state index contributed by atoms with van der Waals surface area (Å²) in [7, 11) is 0. The third-order valence-electron chi connectivity index (χ3n) is 9.75. The molecule has 10 heteroatoms. The molecule has 2 bridgehead atoms. The van der Waals surface area contributed by atoms with Gasteiger partial charge in [-0.2, -0.15) is 9.97 Å². The molecule has 2 N–H and O–H groups in total. The van der Waals surface area contributed by atoms with Gasteiger partial charge in [-0.05, 0) is 94.1 Å². The van der Waals surface area contributed by atoms with Gasteiger partial charge in [0.25, 0.3) is 0 Å². The minimum absolute atomic E-state index is 0.0999. The third kappa shape index (κ3) is 4.30. The fourth-order valence-corrected chi connectivity index (χ4v) is 8.33. The number of hydrogen-bond donors (Lipinski definition) is 2. The Kier molecular flexibility index (Phi) is 6.07. The van der Waals surface area contributed by atoms with Crippen LogP contribution in [0.3, 0.4) is 0 Å². The number of hydrogen-bond acceptors (Lipinski definition) is 8. The Hall–Kier alpha value is -2.39. The molecular weight excluding hydrogens is 547 g/mol.